The van der Waals surface area contributed by atoms with E-state index in [0.717, 1.165) is 38.2 Å². The lowest BCUT2D eigenvalue weighted by Crippen LogP contribution is -2.62. The second-order valence-corrected chi connectivity index (χ2v) is 9.24. The Bertz CT molecular complexity index is 832. The number of nitrogens with zero attached hydrogens (tertiary/aromatic N) is 4. The first-order valence-corrected chi connectivity index (χ1v) is 10.1. The molecule has 8 heteroatoms. The maximum atomic E-state index is 13.2. The first kappa shape index (κ1) is 18.4. The number of methoxy groups -OCH3 is 1. The van der Waals surface area contributed by atoms with Gasteiger partial charge in [0.2, 0.25) is 5.88 Å². The third-order valence-electron chi connectivity index (χ3n) is 5.64. The second-order valence-electron chi connectivity index (χ2n) is 8.43. The molecule has 0 bridgehead atoms. The number of rotatable bonds is 3. The molecule has 146 valence electrons. The lowest BCUT2D eigenvalue weighted by Gasteiger charge is -2.58. The van der Waals surface area contributed by atoms with Gasteiger partial charge in [0.15, 0.2) is 0 Å². The van der Waals surface area contributed by atoms with Crippen molar-refractivity contribution in [3.63, 3.8) is 0 Å². The molecule has 0 saturated carbocycles. The molecule has 4 rings (SSSR count). The van der Waals surface area contributed by atoms with Crippen molar-refractivity contribution < 1.29 is 14.3 Å². The van der Waals surface area contributed by atoms with Crippen LogP contribution in [0.4, 0.5) is 0 Å². The van der Waals surface area contributed by atoms with Gasteiger partial charge in [-0.3, -0.25) is 9.48 Å². The normalized spacial score (nSPS) is 21.9. The van der Waals surface area contributed by atoms with Crippen molar-refractivity contribution in [2.45, 2.75) is 45.2 Å². The summed E-state index contributed by atoms with van der Waals surface area (Å²) < 4.78 is 16.9. The highest BCUT2D eigenvalue weighted by atomic mass is 32.1. The van der Waals surface area contributed by atoms with E-state index in [2.05, 4.69) is 36.4 Å². The van der Waals surface area contributed by atoms with Crippen molar-refractivity contribution >= 4 is 17.4 Å². The molecule has 2 aromatic rings. The molecule has 2 saturated heterocycles. The van der Waals surface area contributed by atoms with Crippen LogP contribution in [0.5, 0.6) is 5.88 Å². The summed E-state index contributed by atoms with van der Waals surface area (Å²) in [6.45, 7) is 8.63. The fourth-order valence-corrected chi connectivity index (χ4v) is 4.77. The van der Waals surface area contributed by atoms with Gasteiger partial charge in [0, 0.05) is 43.0 Å². The summed E-state index contributed by atoms with van der Waals surface area (Å²) >= 11 is 1.19. The van der Waals surface area contributed by atoms with E-state index in [0.29, 0.717) is 10.8 Å². The van der Waals surface area contributed by atoms with Crippen LogP contribution < -0.4 is 4.74 Å². The van der Waals surface area contributed by atoms with Crippen molar-refractivity contribution in [3.05, 3.63) is 28.9 Å². The number of ether oxygens (including phenoxy) is 2. The number of carbonyl (C=O) groups is 1. The van der Waals surface area contributed by atoms with Crippen LogP contribution in [-0.4, -0.2) is 51.8 Å². The van der Waals surface area contributed by atoms with Crippen molar-refractivity contribution in [2.75, 3.05) is 26.9 Å². The molecule has 0 aromatic carbocycles. The summed E-state index contributed by atoms with van der Waals surface area (Å²) in [4.78, 5) is 15.7. The zero-order valence-electron chi connectivity index (χ0n) is 16.3. The monoisotopic (exact) mass is 390 g/mol. The SMILES string of the molecule is COc1cc(C(=O)N2CC3(CCOCC3)C2c2cnn(C(C)(C)C)c2)sn1. The van der Waals surface area contributed by atoms with Gasteiger partial charge in [-0.2, -0.15) is 9.47 Å². The Morgan fingerprint density at radius 2 is 2.11 bits per heavy atom. The average molecular weight is 391 g/mol. The highest BCUT2D eigenvalue weighted by molar-refractivity contribution is 7.08. The van der Waals surface area contributed by atoms with Gasteiger partial charge in [-0.25, -0.2) is 0 Å². The molecule has 2 aliphatic heterocycles. The predicted molar refractivity (Wildman–Crippen MR) is 102 cm³/mol. The molecule has 0 aliphatic carbocycles. The van der Waals surface area contributed by atoms with Crippen LogP contribution in [-0.2, 0) is 10.3 Å². The molecule has 0 radical (unpaired) electrons. The molecule has 1 amide bonds. The Morgan fingerprint density at radius 1 is 1.37 bits per heavy atom. The van der Waals surface area contributed by atoms with Crippen LogP contribution >= 0.6 is 11.5 Å². The fourth-order valence-electron chi connectivity index (χ4n) is 4.11. The molecule has 1 unspecified atom stereocenters. The number of hydrogen-bond acceptors (Lipinski definition) is 6. The summed E-state index contributed by atoms with van der Waals surface area (Å²) in [6, 6.07) is 1.75. The minimum Gasteiger partial charge on any atom is -0.480 e. The number of amides is 1. The lowest BCUT2D eigenvalue weighted by atomic mass is 9.64. The number of aromatic nitrogens is 3. The van der Waals surface area contributed by atoms with E-state index in [1.165, 1.54) is 11.5 Å². The zero-order valence-corrected chi connectivity index (χ0v) is 17.1. The van der Waals surface area contributed by atoms with Gasteiger partial charge in [0.05, 0.1) is 24.9 Å². The fraction of sp³-hybridized carbons (Fsp3) is 0.632. The molecule has 2 fully saturated rings. The standard InChI is InChI=1S/C19H26N4O3S/c1-18(2,3)23-11-13(10-20-23)16-19(5-7-26-8-6-19)12-22(16)17(24)14-9-15(25-4)21-27-14/h9-11,16H,5-8,12H2,1-4H3. The van der Waals surface area contributed by atoms with E-state index in [4.69, 9.17) is 9.47 Å². The number of carbonyl (C=O) groups excluding carboxylic acids is 1. The number of hydrogen-bond donors (Lipinski definition) is 0. The van der Waals surface area contributed by atoms with E-state index in [1.807, 2.05) is 15.8 Å². The predicted octanol–water partition coefficient (Wildman–Crippen LogP) is 3.10. The van der Waals surface area contributed by atoms with Crippen molar-refractivity contribution in [1.29, 1.82) is 0 Å². The molecule has 2 aromatic heterocycles. The summed E-state index contributed by atoms with van der Waals surface area (Å²) in [7, 11) is 1.56. The van der Waals surface area contributed by atoms with Gasteiger partial charge < -0.3 is 14.4 Å². The Labute approximate surface area is 163 Å². The van der Waals surface area contributed by atoms with Crippen LogP contribution in [0, 0.1) is 5.41 Å². The quantitative estimate of drug-likeness (QED) is 0.805. The maximum Gasteiger partial charge on any atom is 0.266 e. The van der Waals surface area contributed by atoms with Crippen LogP contribution in [0.2, 0.25) is 0 Å². The third-order valence-corrected chi connectivity index (χ3v) is 6.40. The summed E-state index contributed by atoms with van der Waals surface area (Å²) in [5.74, 6) is 0.503. The van der Waals surface area contributed by atoms with E-state index in [-0.39, 0.29) is 22.9 Å². The van der Waals surface area contributed by atoms with Crippen LogP contribution in [0.1, 0.15) is 54.9 Å². The van der Waals surface area contributed by atoms with Gasteiger partial charge in [-0.15, -0.1) is 0 Å². The van der Waals surface area contributed by atoms with E-state index in [1.54, 1.807) is 13.2 Å². The summed E-state index contributed by atoms with van der Waals surface area (Å²) in [6.07, 6.45) is 5.94. The lowest BCUT2D eigenvalue weighted by molar-refractivity contribution is -0.115. The van der Waals surface area contributed by atoms with E-state index in [9.17, 15) is 4.79 Å². The molecule has 7 nitrogen and oxygen atoms in total. The van der Waals surface area contributed by atoms with Crippen LogP contribution in [0.3, 0.4) is 0 Å². The Hall–Kier alpha value is -1.93. The minimum atomic E-state index is -0.0925. The molecule has 0 N–H and O–H groups in total. The maximum absolute atomic E-state index is 13.2. The summed E-state index contributed by atoms with van der Waals surface area (Å²) in [5, 5.41) is 4.57. The van der Waals surface area contributed by atoms with Gasteiger partial charge in [-0.05, 0) is 45.1 Å². The molecule has 4 heterocycles. The van der Waals surface area contributed by atoms with Gasteiger partial charge in [0.1, 0.15) is 4.88 Å². The topological polar surface area (TPSA) is 69.5 Å². The minimum absolute atomic E-state index is 0.0152. The summed E-state index contributed by atoms with van der Waals surface area (Å²) in [5.41, 5.74) is 1.09. The van der Waals surface area contributed by atoms with Gasteiger partial charge in [-0.1, -0.05) is 0 Å². The average Bonchev–Trinajstić information content (AvgIpc) is 3.29. The molecule has 2 aliphatic rings. The molecular weight excluding hydrogens is 364 g/mol. The van der Waals surface area contributed by atoms with Crippen LogP contribution in [0.25, 0.3) is 0 Å². The van der Waals surface area contributed by atoms with Gasteiger partial charge in [0.25, 0.3) is 5.91 Å². The smallest absolute Gasteiger partial charge is 0.266 e. The van der Waals surface area contributed by atoms with Gasteiger partial charge >= 0.3 is 0 Å². The Kier molecular flexibility index (Phi) is 4.50. The first-order chi connectivity index (χ1) is 12.8. The largest absolute Gasteiger partial charge is 0.480 e. The van der Waals surface area contributed by atoms with Crippen molar-refractivity contribution in [3.8, 4) is 5.88 Å². The molecule has 1 atom stereocenters. The second kappa shape index (κ2) is 6.60. The Balaban J connectivity index is 1.65. The molecule has 27 heavy (non-hydrogen) atoms. The van der Waals surface area contributed by atoms with E-state index >= 15 is 0 Å². The highest BCUT2D eigenvalue weighted by Gasteiger charge is 2.56. The first-order valence-electron chi connectivity index (χ1n) is 9.28. The molecule has 1 spiro atoms. The molecular formula is C19H26N4O3S. The third kappa shape index (κ3) is 3.14. The van der Waals surface area contributed by atoms with Crippen molar-refractivity contribution in [2.24, 2.45) is 5.41 Å². The van der Waals surface area contributed by atoms with Crippen molar-refractivity contribution in [1.82, 2.24) is 19.1 Å². The van der Waals surface area contributed by atoms with E-state index < -0.39 is 0 Å². The highest BCUT2D eigenvalue weighted by Crippen LogP contribution is 2.55. The Morgan fingerprint density at radius 3 is 2.70 bits per heavy atom. The zero-order chi connectivity index (χ0) is 19.2. The van der Waals surface area contributed by atoms with Crippen LogP contribution in [0.15, 0.2) is 18.5 Å². The number of likely N-dealkylation sites (tertiary alicyclic amines) is 1.